The second-order valence-electron chi connectivity index (χ2n) is 5.79. The summed E-state index contributed by atoms with van der Waals surface area (Å²) in [6, 6.07) is 4.83. The summed E-state index contributed by atoms with van der Waals surface area (Å²) in [6.45, 7) is 5.88. The van der Waals surface area contributed by atoms with Crippen LogP contribution in [0.5, 0.6) is 11.5 Å². The summed E-state index contributed by atoms with van der Waals surface area (Å²) in [5.41, 5.74) is 0.333. The van der Waals surface area contributed by atoms with Crippen LogP contribution in [0.2, 0.25) is 0 Å². The third kappa shape index (κ3) is 6.20. The Hall–Kier alpha value is -2.08. The summed E-state index contributed by atoms with van der Waals surface area (Å²) in [4.78, 5) is 24.1. The first kappa shape index (κ1) is 20.0. The normalized spacial score (nSPS) is 11.9. The van der Waals surface area contributed by atoms with E-state index in [-0.39, 0.29) is 12.4 Å². The van der Waals surface area contributed by atoms with Gasteiger partial charge in [-0.1, -0.05) is 13.8 Å². The second-order valence-corrected chi connectivity index (χ2v) is 5.79. The molecule has 0 spiro atoms. The van der Waals surface area contributed by atoms with Crippen molar-refractivity contribution in [1.82, 2.24) is 0 Å². The predicted octanol–water partition coefficient (Wildman–Crippen LogP) is 2.88. The van der Waals surface area contributed by atoms with Crippen molar-refractivity contribution in [1.29, 1.82) is 0 Å². The van der Waals surface area contributed by atoms with Crippen molar-refractivity contribution in [3.8, 4) is 11.5 Å². The standard InChI is InChI=1S/C18H26O6/c1-12(2)8-9-23-13(3)18(20)24-11-16(19)15-7-6-14(21-4)10-17(15)22-5/h6-7,10,12-13H,8-9,11H2,1-5H3. The zero-order valence-electron chi connectivity index (χ0n) is 15.0. The van der Waals surface area contributed by atoms with Gasteiger partial charge in [-0.05, 0) is 31.4 Å². The Morgan fingerprint density at radius 3 is 2.38 bits per heavy atom. The van der Waals surface area contributed by atoms with Crippen LogP contribution in [0, 0.1) is 5.92 Å². The zero-order valence-corrected chi connectivity index (χ0v) is 15.0. The highest BCUT2D eigenvalue weighted by molar-refractivity contribution is 6.00. The lowest BCUT2D eigenvalue weighted by Crippen LogP contribution is -2.26. The number of carbonyl (C=O) groups excluding carboxylic acids is 2. The topological polar surface area (TPSA) is 71.1 Å². The number of methoxy groups -OCH3 is 2. The molecule has 6 heteroatoms. The summed E-state index contributed by atoms with van der Waals surface area (Å²) >= 11 is 0. The van der Waals surface area contributed by atoms with Crippen LogP contribution in [-0.4, -0.2) is 45.3 Å². The zero-order chi connectivity index (χ0) is 18.1. The average Bonchev–Trinajstić information content (AvgIpc) is 2.58. The summed E-state index contributed by atoms with van der Waals surface area (Å²) in [5.74, 6) is 0.540. The third-order valence-electron chi connectivity index (χ3n) is 3.45. The lowest BCUT2D eigenvalue weighted by molar-refractivity contribution is -0.155. The molecule has 0 amide bonds. The lowest BCUT2D eigenvalue weighted by Gasteiger charge is -2.14. The van der Waals surface area contributed by atoms with Crippen LogP contribution in [0.25, 0.3) is 0 Å². The van der Waals surface area contributed by atoms with Gasteiger partial charge in [-0.15, -0.1) is 0 Å². The van der Waals surface area contributed by atoms with Crippen molar-refractivity contribution in [2.45, 2.75) is 33.3 Å². The Bertz CT molecular complexity index is 552. The third-order valence-corrected chi connectivity index (χ3v) is 3.45. The predicted molar refractivity (Wildman–Crippen MR) is 89.7 cm³/mol. The minimum atomic E-state index is -0.700. The fraction of sp³-hybridized carbons (Fsp3) is 0.556. The largest absolute Gasteiger partial charge is 0.497 e. The monoisotopic (exact) mass is 338 g/mol. The maximum absolute atomic E-state index is 12.2. The number of esters is 1. The van der Waals surface area contributed by atoms with Crippen molar-refractivity contribution in [2.24, 2.45) is 5.92 Å². The van der Waals surface area contributed by atoms with Crippen LogP contribution >= 0.6 is 0 Å². The van der Waals surface area contributed by atoms with Gasteiger partial charge in [0.15, 0.2) is 12.7 Å². The molecule has 134 valence electrons. The first-order valence-corrected chi connectivity index (χ1v) is 7.92. The Labute approximate surface area is 143 Å². The molecule has 1 aromatic rings. The molecular weight excluding hydrogens is 312 g/mol. The van der Waals surface area contributed by atoms with E-state index in [1.807, 2.05) is 0 Å². The van der Waals surface area contributed by atoms with Gasteiger partial charge in [0, 0.05) is 12.7 Å². The molecule has 0 aliphatic carbocycles. The molecule has 0 fully saturated rings. The molecule has 1 rings (SSSR count). The Balaban J connectivity index is 2.55. The molecule has 1 atom stereocenters. The fourth-order valence-electron chi connectivity index (χ4n) is 1.91. The molecule has 0 saturated heterocycles. The van der Waals surface area contributed by atoms with E-state index in [0.29, 0.717) is 29.6 Å². The smallest absolute Gasteiger partial charge is 0.335 e. The van der Waals surface area contributed by atoms with E-state index in [0.717, 1.165) is 6.42 Å². The van der Waals surface area contributed by atoms with Crippen LogP contribution in [0.1, 0.15) is 37.6 Å². The Kier molecular flexibility index (Phi) is 8.26. The molecule has 0 aliphatic rings. The average molecular weight is 338 g/mol. The number of ketones is 1. The summed E-state index contributed by atoms with van der Waals surface area (Å²) in [7, 11) is 2.99. The molecule has 1 aromatic carbocycles. The van der Waals surface area contributed by atoms with E-state index in [1.54, 1.807) is 25.1 Å². The molecule has 1 unspecified atom stereocenters. The number of Topliss-reactive ketones (excluding diaryl/α,β-unsaturated/α-hetero) is 1. The van der Waals surface area contributed by atoms with Gasteiger partial charge in [-0.3, -0.25) is 4.79 Å². The highest BCUT2D eigenvalue weighted by atomic mass is 16.6. The van der Waals surface area contributed by atoms with Gasteiger partial charge < -0.3 is 18.9 Å². The maximum Gasteiger partial charge on any atom is 0.335 e. The maximum atomic E-state index is 12.2. The quantitative estimate of drug-likeness (QED) is 0.482. The highest BCUT2D eigenvalue weighted by Gasteiger charge is 2.19. The molecule has 0 radical (unpaired) electrons. The summed E-state index contributed by atoms with van der Waals surface area (Å²) in [5, 5.41) is 0. The summed E-state index contributed by atoms with van der Waals surface area (Å²) < 4.78 is 20.7. The molecule has 24 heavy (non-hydrogen) atoms. The van der Waals surface area contributed by atoms with Gasteiger partial charge in [0.05, 0.1) is 19.8 Å². The molecular formula is C18H26O6. The van der Waals surface area contributed by atoms with Crippen LogP contribution in [0.4, 0.5) is 0 Å². The van der Waals surface area contributed by atoms with Gasteiger partial charge in [-0.2, -0.15) is 0 Å². The van der Waals surface area contributed by atoms with E-state index in [4.69, 9.17) is 18.9 Å². The first-order chi connectivity index (χ1) is 11.4. The number of benzene rings is 1. The Morgan fingerprint density at radius 2 is 1.79 bits per heavy atom. The van der Waals surface area contributed by atoms with E-state index in [2.05, 4.69) is 13.8 Å². The van der Waals surface area contributed by atoms with Crippen molar-refractivity contribution in [3.63, 3.8) is 0 Å². The van der Waals surface area contributed by atoms with Gasteiger partial charge in [0.2, 0.25) is 5.78 Å². The van der Waals surface area contributed by atoms with Crippen LogP contribution < -0.4 is 9.47 Å². The van der Waals surface area contributed by atoms with Gasteiger partial charge >= 0.3 is 5.97 Å². The van der Waals surface area contributed by atoms with Crippen molar-refractivity contribution >= 4 is 11.8 Å². The molecule has 0 saturated carbocycles. The second kappa shape index (κ2) is 9.93. The van der Waals surface area contributed by atoms with Crippen LogP contribution in [-0.2, 0) is 14.3 Å². The van der Waals surface area contributed by atoms with E-state index in [1.165, 1.54) is 14.2 Å². The van der Waals surface area contributed by atoms with Gasteiger partial charge in [0.25, 0.3) is 0 Å². The lowest BCUT2D eigenvalue weighted by atomic mass is 10.1. The Morgan fingerprint density at radius 1 is 1.08 bits per heavy atom. The first-order valence-electron chi connectivity index (χ1n) is 7.92. The number of ether oxygens (including phenoxy) is 4. The van der Waals surface area contributed by atoms with Crippen molar-refractivity contribution in [2.75, 3.05) is 27.4 Å². The molecule has 0 aliphatic heterocycles. The number of hydrogen-bond donors (Lipinski definition) is 0. The minimum absolute atomic E-state index is 0.333. The highest BCUT2D eigenvalue weighted by Crippen LogP contribution is 2.25. The minimum Gasteiger partial charge on any atom is -0.497 e. The molecule has 0 aromatic heterocycles. The number of carbonyl (C=O) groups is 2. The molecule has 0 bridgehead atoms. The van der Waals surface area contributed by atoms with E-state index in [9.17, 15) is 9.59 Å². The van der Waals surface area contributed by atoms with Gasteiger partial charge in [-0.25, -0.2) is 4.79 Å². The molecule has 6 nitrogen and oxygen atoms in total. The number of hydrogen-bond acceptors (Lipinski definition) is 6. The fourth-order valence-corrected chi connectivity index (χ4v) is 1.91. The number of rotatable bonds is 10. The van der Waals surface area contributed by atoms with Gasteiger partial charge in [0.1, 0.15) is 11.5 Å². The van der Waals surface area contributed by atoms with Crippen molar-refractivity contribution < 1.29 is 28.5 Å². The van der Waals surface area contributed by atoms with Crippen LogP contribution in [0.3, 0.4) is 0 Å². The van der Waals surface area contributed by atoms with E-state index < -0.39 is 12.1 Å². The summed E-state index contributed by atoms with van der Waals surface area (Å²) in [6.07, 6.45) is 0.161. The van der Waals surface area contributed by atoms with E-state index >= 15 is 0 Å². The SMILES string of the molecule is COc1ccc(C(=O)COC(=O)C(C)OCCC(C)C)c(OC)c1. The molecule has 0 heterocycles. The molecule has 0 N–H and O–H groups in total. The van der Waals surface area contributed by atoms with Crippen molar-refractivity contribution in [3.05, 3.63) is 23.8 Å². The van der Waals surface area contributed by atoms with Crippen LogP contribution in [0.15, 0.2) is 18.2 Å².